The van der Waals surface area contributed by atoms with Gasteiger partial charge in [-0.2, -0.15) is 5.10 Å². The largest absolute Gasteiger partial charge is 0.336 e. The monoisotopic (exact) mass is 303 g/mol. The molecule has 3 rings (SSSR count). The van der Waals surface area contributed by atoms with Crippen molar-refractivity contribution >= 4 is 16.9 Å². The Balaban J connectivity index is 1.88. The van der Waals surface area contributed by atoms with Crippen LogP contribution in [0.15, 0.2) is 17.3 Å². The molecule has 22 heavy (non-hydrogen) atoms. The van der Waals surface area contributed by atoms with Crippen LogP contribution in [-0.2, 0) is 18.4 Å². The summed E-state index contributed by atoms with van der Waals surface area (Å²) in [5.74, 6) is -0.0214. The van der Waals surface area contributed by atoms with E-state index in [0.717, 1.165) is 19.3 Å². The van der Waals surface area contributed by atoms with Gasteiger partial charge < -0.3 is 4.90 Å². The number of hydrogen-bond acceptors (Lipinski definition) is 4. The van der Waals surface area contributed by atoms with Crippen molar-refractivity contribution in [3.05, 3.63) is 22.9 Å². The van der Waals surface area contributed by atoms with Crippen LogP contribution < -0.4 is 5.56 Å². The predicted molar refractivity (Wildman–Crippen MR) is 82.4 cm³/mol. The van der Waals surface area contributed by atoms with Gasteiger partial charge in [0.2, 0.25) is 5.91 Å². The van der Waals surface area contributed by atoms with Crippen molar-refractivity contribution < 1.29 is 4.79 Å². The summed E-state index contributed by atoms with van der Waals surface area (Å²) in [5, 5.41) is 4.48. The molecular formula is C15H21N5O2. The summed E-state index contributed by atoms with van der Waals surface area (Å²) in [5.41, 5.74) is 0.317. The number of hydrogen-bond donors (Lipinski definition) is 0. The van der Waals surface area contributed by atoms with E-state index < -0.39 is 0 Å². The summed E-state index contributed by atoms with van der Waals surface area (Å²) in [6, 6.07) is 0.448. The Bertz CT molecular complexity index is 753. The van der Waals surface area contributed by atoms with E-state index in [0.29, 0.717) is 11.0 Å². The molecule has 0 bridgehead atoms. The Morgan fingerprint density at radius 3 is 2.68 bits per heavy atom. The molecule has 7 nitrogen and oxygen atoms in total. The number of piperidine rings is 1. The van der Waals surface area contributed by atoms with E-state index in [1.54, 1.807) is 11.7 Å². The molecule has 7 heteroatoms. The lowest BCUT2D eigenvalue weighted by Crippen LogP contribution is -2.49. The minimum atomic E-state index is -0.219. The van der Waals surface area contributed by atoms with E-state index in [1.165, 1.54) is 17.1 Å². The van der Waals surface area contributed by atoms with E-state index in [4.69, 9.17) is 0 Å². The molecule has 1 fully saturated rings. The van der Waals surface area contributed by atoms with E-state index in [-0.39, 0.29) is 30.1 Å². The first-order valence-corrected chi connectivity index (χ1v) is 7.67. The minimum Gasteiger partial charge on any atom is -0.336 e. The molecule has 0 radical (unpaired) electrons. The molecule has 1 aliphatic rings. The molecule has 118 valence electrons. The summed E-state index contributed by atoms with van der Waals surface area (Å²) >= 11 is 0. The van der Waals surface area contributed by atoms with Crippen molar-refractivity contribution in [2.75, 3.05) is 0 Å². The van der Waals surface area contributed by atoms with Gasteiger partial charge in [0.1, 0.15) is 18.3 Å². The van der Waals surface area contributed by atoms with Crippen LogP contribution in [0.2, 0.25) is 0 Å². The normalized spacial score (nSPS) is 22.2. The van der Waals surface area contributed by atoms with E-state index in [1.807, 2.05) is 4.90 Å². The first kappa shape index (κ1) is 14.7. The molecule has 0 N–H and O–H groups in total. The van der Waals surface area contributed by atoms with Crippen LogP contribution in [0.25, 0.3) is 11.0 Å². The number of carbonyl (C=O) groups is 1. The number of fused-ring (bicyclic) bond motifs is 1. The van der Waals surface area contributed by atoms with E-state index in [9.17, 15) is 9.59 Å². The molecule has 1 amide bonds. The van der Waals surface area contributed by atoms with Gasteiger partial charge in [-0.3, -0.25) is 18.8 Å². The van der Waals surface area contributed by atoms with Gasteiger partial charge in [0.05, 0.1) is 6.20 Å². The van der Waals surface area contributed by atoms with Crippen molar-refractivity contribution in [3.63, 3.8) is 0 Å². The Labute approximate surface area is 128 Å². The van der Waals surface area contributed by atoms with E-state index in [2.05, 4.69) is 23.9 Å². The maximum atomic E-state index is 12.6. The van der Waals surface area contributed by atoms with Gasteiger partial charge in [0, 0.05) is 19.1 Å². The van der Waals surface area contributed by atoms with Crippen molar-refractivity contribution in [1.29, 1.82) is 0 Å². The first-order valence-electron chi connectivity index (χ1n) is 7.67. The quantitative estimate of drug-likeness (QED) is 0.827. The molecule has 0 aromatic carbocycles. The number of aryl methyl sites for hydroxylation is 1. The molecule has 0 spiro atoms. The molecule has 3 heterocycles. The molecule has 2 unspecified atom stereocenters. The summed E-state index contributed by atoms with van der Waals surface area (Å²) < 4.78 is 2.93. The minimum absolute atomic E-state index is 0.0214. The fraction of sp³-hybridized carbons (Fsp3) is 0.600. The number of likely N-dealkylation sites (tertiary alicyclic amines) is 1. The fourth-order valence-electron chi connectivity index (χ4n) is 3.32. The number of rotatable bonds is 2. The summed E-state index contributed by atoms with van der Waals surface area (Å²) in [4.78, 5) is 31.2. The molecule has 0 saturated carbocycles. The second-order valence-corrected chi connectivity index (χ2v) is 6.11. The number of carbonyl (C=O) groups excluding carboxylic acids is 1. The van der Waals surface area contributed by atoms with Crippen LogP contribution in [0.1, 0.15) is 33.1 Å². The average molecular weight is 303 g/mol. The smallest absolute Gasteiger partial charge is 0.264 e. The van der Waals surface area contributed by atoms with Crippen molar-refractivity contribution in [2.24, 2.45) is 7.05 Å². The van der Waals surface area contributed by atoms with Crippen LogP contribution in [-0.4, -0.2) is 42.2 Å². The molecule has 1 saturated heterocycles. The van der Waals surface area contributed by atoms with Crippen molar-refractivity contribution in [1.82, 2.24) is 24.2 Å². The standard InChI is InChI=1S/C15H21N5O2/c1-10-5-4-6-11(2)20(10)13(21)8-19-9-16-14-12(15(19)22)7-17-18(14)3/h7,9-11H,4-6,8H2,1-3H3. The lowest BCUT2D eigenvalue weighted by atomic mass is 9.97. The number of nitrogens with zero attached hydrogens (tertiary/aromatic N) is 5. The molecule has 2 atom stereocenters. The van der Waals surface area contributed by atoms with Gasteiger partial charge in [-0.25, -0.2) is 4.98 Å². The Hall–Kier alpha value is -2.18. The lowest BCUT2D eigenvalue weighted by molar-refractivity contribution is -0.138. The lowest BCUT2D eigenvalue weighted by Gasteiger charge is -2.39. The van der Waals surface area contributed by atoms with Gasteiger partial charge in [-0.15, -0.1) is 0 Å². The van der Waals surface area contributed by atoms with Crippen LogP contribution >= 0.6 is 0 Å². The van der Waals surface area contributed by atoms with Gasteiger partial charge in [-0.1, -0.05) is 0 Å². The van der Waals surface area contributed by atoms with Gasteiger partial charge in [0.25, 0.3) is 5.56 Å². The SMILES string of the molecule is CC1CCCC(C)N1C(=O)Cn1cnc2c(cnn2C)c1=O. The highest BCUT2D eigenvalue weighted by Crippen LogP contribution is 2.22. The predicted octanol–water partition coefficient (Wildman–Crippen LogP) is 0.919. The second kappa shape index (κ2) is 5.55. The zero-order valence-corrected chi connectivity index (χ0v) is 13.2. The Morgan fingerprint density at radius 2 is 2.00 bits per heavy atom. The molecule has 2 aromatic heterocycles. The third-order valence-electron chi connectivity index (χ3n) is 4.51. The van der Waals surface area contributed by atoms with Gasteiger partial charge in [-0.05, 0) is 33.1 Å². The van der Waals surface area contributed by atoms with Crippen molar-refractivity contribution in [3.8, 4) is 0 Å². The summed E-state index contributed by atoms with van der Waals surface area (Å²) in [6.07, 6.45) is 6.12. The van der Waals surface area contributed by atoms with Crippen LogP contribution in [0.3, 0.4) is 0 Å². The molecule has 1 aliphatic heterocycles. The number of amides is 1. The van der Waals surface area contributed by atoms with Crippen LogP contribution in [0, 0.1) is 0 Å². The maximum absolute atomic E-state index is 12.6. The van der Waals surface area contributed by atoms with Gasteiger partial charge in [0.15, 0.2) is 5.65 Å². The number of aromatic nitrogens is 4. The average Bonchev–Trinajstić information content (AvgIpc) is 2.84. The fourth-order valence-corrected chi connectivity index (χ4v) is 3.32. The Morgan fingerprint density at radius 1 is 1.32 bits per heavy atom. The van der Waals surface area contributed by atoms with Crippen LogP contribution in [0.5, 0.6) is 0 Å². The first-order chi connectivity index (χ1) is 10.5. The highest BCUT2D eigenvalue weighted by Gasteiger charge is 2.29. The Kier molecular flexibility index (Phi) is 3.72. The summed E-state index contributed by atoms with van der Waals surface area (Å²) in [6.45, 7) is 4.17. The third-order valence-corrected chi connectivity index (χ3v) is 4.51. The maximum Gasteiger partial charge on any atom is 0.264 e. The molecule has 2 aromatic rings. The third kappa shape index (κ3) is 2.40. The van der Waals surface area contributed by atoms with Crippen molar-refractivity contribution in [2.45, 2.75) is 51.7 Å². The highest BCUT2D eigenvalue weighted by molar-refractivity contribution is 5.78. The summed E-state index contributed by atoms with van der Waals surface area (Å²) in [7, 11) is 1.74. The zero-order valence-electron chi connectivity index (χ0n) is 13.2. The highest BCUT2D eigenvalue weighted by atomic mass is 16.2. The molecular weight excluding hydrogens is 282 g/mol. The molecule has 0 aliphatic carbocycles. The van der Waals surface area contributed by atoms with Crippen LogP contribution in [0.4, 0.5) is 0 Å². The van der Waals surface area contributed by atoms with Gasteiger partial charge >= 0.3 is 0 Å². The topological polar surface area (TPSA) is 73.0 Å². The second-order valence-electron chi connectivity index (χ2n) is 6.11. The zero-order chi connectivity index (χ0) is 15.9. The van der Waals surface area contributed by atoms with E-state index >= 15 is 0 Å².